The molecule has 4 aromatic rings. The highest BCUT2D eigenvalue weighted by Gasteiger charge is 2.32. The molecule has 0 saturated carbocycles. The summed E-state index contributed by atoms with van der Waals surface area (Å²) < 4.78 is 23.2. The zero-order valence-electron chi connectivity index (χ0n) is 23.4. The standard InChI is InChI=1S/C33H27N3O7/c1-3-40-30-16-22(12-15-28(30)41-19-21-10-8-20(2)9-11-21)31-25-14-13-23(17-29(25)43-32(35)26(31)18-34)42-33(37)24-6-4-5-7-27(24)36(38)39/h4-17,31H,3,19,35H2,1-2H3. The summed E-state index contributed by atoms with van der Waals surface area (Å²) >= 11 is 0. The van der Waals surface area contributed by atoms with Crippen LogP contribution >= 0.6 is 0 Å². The van der Waals surface area contributed by atoms with Gasteiger partial charge in [0.2, 0.25) is 5.88 Å². The van der Waals surface area contributed by atoms with Gasteiger partial charge in [-0.2, -0.15) is 5.26 Å². The number of para-hydroxylation sites is 1. The average molecular weight is 578 g/mol. The summed E-state index contributed by atoms with van der Waals surface area (Å²) in [4.78, 5) is 23.5. The number of nitrogens with two attached hydrogens (primary N) is 1. The van der Waals surface area contributed by atoms with Crippen molar-refractivity contribution in [2.75, 3.05) is 6.61 Å². The quantitative estimate of drug-likeness (QED) is 0.104. The zero-order valence-corrected chi connectivity index (χ0v) is 23.4. The number of hydrogen-bond donors (Lipinski definition) is 1. The molecule has 1 unspecified atom stereocenters. The fourth-order valence-electron chi connectivity index (χ4n) is 4.75. The van der Waals surface area contributed by atoms with Gasteiger partial charge in [0.15, 0.2) is 11.5 Å². The second kappa shape index (κ2) is 12.4. The number of rotatable bonds is 9. The molecule has 216 valence electrons. The molecular formula is C33H27N3O7. The number of fused-ring (bicyclic) bond motifs is 1. The average Bonchev–Trinajstić information content (AvgIpc) is 3.00. The summed E-state index contributed by atoms with van der Waals surface area (Å²) in [5.41, 5.74) is 9.29. The van der Waals surface area contributed by atoms with Crippen molar-refractivity contribution in [3.05, 3.63) is 134 Å². The van der Waals surface area contributed by atoms with Crippen molar-refractivity contribution in [2.24, 2.45) is 5.73 Å². The number of nitro benzene ring substituents is 1. The Kier molecular flexibility index (Phi) is 8.25. The molecule has 0 saturated heterocycles. The van der Waals surface area contributed by atoms with Gasteiger partial charge >= 0.3 is 5.97 Å². The van der Waals surface area contributed by atoms with Crippen LogP contribution in [0.15, 0.2) is 96.4 Å². The maximum Gasteiger partial charge on any atom is 0.350 e. The van der Waals surface area contributed by atoms with Gasteiger partial charge in [-0.25, -0.2) is 4.79 Å². The Balaban J connectivity index is 1.45. The first-order valence-electron chi connectivity index (χ1n) is 13.4. The van der Waals surface area contributed by atoms with Gasteiger partial charge in [-0.15, -0.1) is 0 Å². The van der Waals surface area contributed by atoms with Crippen LogP contribution in [0.1, 0.15) is 45.5 Å². The summed E-state index contributed by atoms with van der Waals surface area (Å²) in [6, 6.07) is 25.8. The van der Waals surface area contributed by atoms with Gasteiger partial charge in [0.05, 0.1) is 17.4 Å². The minimum atomic E-state index is -0.900. The van der Waals surface area contributed by atoms with Gasteiger partial charge in [-0.3, -0.25) is 10.1 Å². The monoisotopic (exact) mass is 577 g/mol. The number of nitriles is 1. The van der Waals surface area contributed by atoms with Crippen LogP contribution in [0.2, 0.25) is 0 Å². The maximum absolute atomic E-state index is 12.8. The van der Waals surface area contributed by atoms with Crippen LogP contribution in [-0.4, -0.2) is 17.5 Å². The third kappa shape index (κ3) is 6.11. The zero-order chi connectivity index (χ0) is 30.5. The Morgan fingerprint density at radius 2 is 1.79 bits per heavy atom. The number of aryl methyl sites for hydroxylation is 1. The largest absolute Gasteiger partial charge is 0.490 e. The molecular weight excluding hydrogens is 550 g/mol. The first-order chi connectivity index (χ1) is 20.8. The third-order valence-electron chi connectivity index (χ3n) is 6.84. The molecule has 4 aromatic carbocycles. The normalized spacial score (nSPS) is 13.7. The second-order valence-corrected chi connectivity index (χ2v) is 9.70. The first kappa shape index (κ1) is 28.7. The Morgan fingerprint density at radius 3 is 2.51 bits per heavy atom. The fraction of sp³-hybridized carbons (Fsp3) is 0.152. The lowest BCUT2D eigenvalue weighted by atomic mass is 9.83. The number of benzene rings is 4. The van der Waals surface area contributed by atoms with E-state index in [9.17, 15) is 20.2 Å². The van der Waals surface area contributed by atoms with Crippen LogP contribution < -0.4 is 24.7 Å². The molecule has 5 rings (SSSR count). The van der Waals surface area contributed by atoms with Gasteiger partial charge in [-0.05, 0) is 49.2 Å². The van der Waals surface area contributed by atoms with Crippen LogP contribution in [0.3, 0.4) is 0 Å². The number of nitro groups is 1. The van der Waals surface area contributed by atoms with E-state index in [1.54, 1.807) is 18.2 Å². The smallest absolute Gasteiger partial charge is 0.350 e. The minimum absolute atomic E-state index is 0.0868. The molecule has 1 heterocycles. The molecule has 10 heteroatoms. The number of ether oxygens (including phenoxy) is 4. The van der Waals surface area contributed by atoms with Gasteiger partial charge in [-0.1, -0.05) is 54.1 Å². The van der Waals surface area contributed by atoms with Crippen LogP contribution in [0, 0.1) is 28.4 Å². The molecule has 10 nitrogen and oxygen atoms in total. The highest BCUT2D eigenvalue weighted by atomic mass is 16.6. The molecule has 1 atom stereocenters. The number of carbonyl (C=O) groups excluding carboxylic acids is 1. The molecule has 0 radical (unpaired) electrons. The van der Waals surface area contributed by atoms with Crippen molar-refractivity contribution in [2.45, 2.75) is 26.4 Å². The topological polar surface area (TPSA) is 147 Å². The van der Waals surface area contributed by atoms with Crippen LogP contribution in [0.4, 0.5) is 5.69 Å². The van der Waals surface area contributed by atoms with E-state index in [0.29, 0.717) is 35.8 Å². The predicted octanol–water partition coefficient (Wildman–Crippen LogP) is 6.32. The van der Waals surface area contributed by atoms with Crippen molar-refractivity contribution < 1.29 is 28.7 Å². The highest BCUT2D eigenvalue weighted by Crippen LogP contribution is 2.45. The summed E-state index contributed by atoms with van der Waals surface area (Å²) in [6.45, 7) is 4.63. The molecule has 0 fully saturated rings. The second-order valence-electron chi connectivity index (χ2n) is 9.70. The Labute approximate surface area is 247 Å². The van der Waals surface area contributed by atoms with E-state index in [2.05, 4.69) is 6.07 Å². The fourth-order valence-corrected chi connectivity index (χ4v) is 4.75. The molecule has 0 amide bonds. The van der Waals surface area contributed by atoms with E-state index >= 15 is 0 Å². The van der Waals surface area contributed by atoms with E-state index in [4.69, 9.17) is 24.7 Å². The number of carbonyl (C=O) groups is 1. The van der Waals surface area contributed by atoms with Crippen molar-refractivity contribution in [3.63, 3.8) is 0 Å². The van der Waals surface area contributed by atoms with Gasteiger partial charge < -0.3 is 24.7 Å². The van der Waals surface area contributed by atoms with Crippen LogP contribution in [0.25, 0.3) is 0 Å². The van der Waals surface area contributed by atoms with Crippen LogP contribution in [-0.2, 0) is 6.61 Å². The summed E-state index contributed by atoms with van der Waals surface area (Å²) in [5.74, 6) is -0.199. The van der Waals surface area contributed by atoms with E-state index < -0.39 is 16.8 Å². The van der Waals surface area contributed by atoms with Crippen molar-refractivity contribution in [1.29, 1.82) is 5.26 Å². The lowest BCUT2D eigenvalue weighted by molar-refractivity contribution is -0.385. The predicted molar refractivity (Wildman–Crippen MR) is 157 cm³/mol. The molecule has 1 aliphatic heterocycles. The summed E-state index contributed by atoms with van der Waals surface area (Å²) in [5, 5.41) is 21.3. The van der Waals surface area contributed by atoms with E-state index in [0.717, 1.165) is 11.1 Å². The number of hydrogen-bond acceptors (Lipinski definition) is 9. The SMILES string of the molecule is CCOc1cc(C2C(C#N)=C(N)Oc3cc(OC(=O)c4ccccc4[N+](=O)[O-])ccc32)ccc1OCc1ccc(C)cc1. The molecule has 0 spiro atoms. The van der Waals surface area contributed by atoms with E-state index in [-0.39, 0.29) is 34.2 Å². The third-order valence-corrected chi connectivity index (χ3v) is 6.84. The van der Waals surface area contributed by atoms with Gasteiger partial charge in [0, 0.05) is 17.7 Å². The Bertz CT molecular complexity index is 1770. The first-order valence-corrected chi connectivity index (χ1v) is 13.4. The minimum Gasteiger partial charge on any atom is -0.490 e. The van der Waals surface area contributed by atoms with Gasteiger partial charge in [0.25, 0.3) is 5.69 Å². The molecule has 2 N–H and O–H groups in total. The maximum atomic E-state index is 12.8. The number of nitrogens with zero attached hydrogens (tertiary/aromatic N) is 2. The number of esters is 1. The summed E-state index contributed by atoms with van der Waals surface area (Å²) in [7, 11) is 0. The molecule has 0 bridgehead atoms. The Morgan fingerprint density at radius 1 is 1.02 bits per heavy atom. The van der Waals surface area contributed by atoms with E-state index in [1.165, 1.54) is 36.4 Å². The van der Waals surface area contributed by atoms with Crippen molar-refractivity contribution in [1.82, 2.24) is 0 Å². The number of allylic oxidation sites excluding steroid dienone is 1. The summed E-state index contributed by atoms with van der Waals surface area (Å²) in [6.07, 6.45) is 0. The van der Waals surface area contributed by atoms with Gasteiger partial charge in [0.1, 0.15) is 35.3 Å². The van der Waals surface area contributed by atoms with Crippen molar-refractivity contribution >= 4 is 11.7 Å². The molecule has 1 aliphatic rings. The molecule has 0 aliphatic carbocycles. The lowest BCUT2D eigenvalue weighted by Gasteiger charge is -2.27. The lowest BCUT2D eigenvalue weighted by Crippen LogP contribution is -2.21. The van der Waals surface area contributed by atoms with Crippen LogP contribution in [0.5, 0.6) is 23.0 Å². The Hall–Kier alpha value is -5.82. The molecule has 43 heavy (non-hydrogen) atoms. The van der Waals surface area contributed by atoms with E-state index in [1.807, 2.05) is 44.2 Å². The van der Waals surface area contributed by atoms with Crippen molar-refractivity contribution in [3.8, 4) is 29.1 Å². The molecule has 0 aromatic heterocycles. The highest BCUT2D eigenvalue weighted by molar-refractivity contribution is 5.95.